The average molecular weight is 268 g/mol. The number of carboxylic acid groups (broad SMARTS) is 1. The largest absolute Gasteiger partial charge is 0.481 e. The molecule has 3 atom stereocenters. The molecule has 1 N–H and O–H groups in total. The summed E-state index contributed by atoms with van der Waals surface area (Å²) in [6, 6.07) is 0. The quantitative estimate of drug-likeness (QED) is 0.829. The predicted octanol–water partition coefficient (Wildman–Crippen LogP) is 1.07. The fourth-order valence-electron chi connectivity index (χ4n) is 2.42. The van der Waals surface area contributed by atoms with Crippen molar-refractivity contribution in [2.24, 2.45) is 5.92 Å². The van der Waals surface area contributed by atoms with E-state index in [1.54, 1.807) is 11.6 Å². The van der Waals surface area contributed by atoms with Crippen molar-refractivity contribution in [2.75, 3.05) is 6.61 Å². The summed E-state index contributed by atoms with van der Waals surface area (Å²) in [7, 11) is 0. The average Bonchev–Trinajstić information content (AvgIpc) is 3.03. The highest BCUT2D eigenvalue weighted by Gasteiger charge is 2.32. The lowest BCUT2D eigenvalue weighted by Gasteiger charge is -2.16. The normalized spacial score (nSPS) is 24.5. The van der Waals surface area contributed by atoms with Gasteiger partial charge < -0.3 is 9.84 Å². The van der Waals surface area contributed by atoms with E-state index in [-0.39, 0.29) is 17.9 Å². The van der Waals surface area contributed by atoms with Crippen LogP contribution in [-0.2, 0) is 16.1 Å². The van der Waals surface area contributed by atoms with Crippen molar-refractivity contribution in [1.82, 2.24) is 20.2 Å². The Hall–Kier alpha value is -1.50. The standard InChI is InChI=1S/C12H20N4O3/c1-3-10-9(5-7-19-10)11-13-14-15-16(11)6-4-8(2)12(17)18/h8-10H,3-7H2,1-2H3,(H,17,18). The Balaban J connectivity index is 2.03. The molecule has 0 saturated carbocycles. The number of carboxylic acids is 1. The maximum Gasteiger partial charge on any atom is 0.306 e. The van der Waals surface area contributed by atoms with Gasteiger partial charge in [-0.15, -0.1) is 5.10 Å². The maximum absolute atomic E-state index is 10.8. The number of ether oxygens (including phenoxy) is 1. The van der Waals surface area contributed by atoms with E-state index in [0.29, 0.717) is 13.0 Å². The van der Waals surface area contributed by atoms with E-state index in [0.717, 1.165) is 25.3 Å². The van der Waals surface area contributed by atoms with Gasteiger partial charge >= 0.3 is 5.97 Å². The van der Waals surface area contributed by atoms with Gasteiger partial charge in [-0.1, -0.05) is 13.8 Å². The minimum absolute atomic E-state index is 0.168. The zero-order chi connectivity index (χ0) is 13.8. The summed E-state index contributed by atoms with van der Waals surface area (Å²) >= 11 is 0. The fourth-order valence-corrected chi connectivity index (χ4v) is 2.42. The number of carbonyl (C=O) groups is 1. The molecule has 1 aliphatic heterocycles. The van der Waals surface area contributed by atoms with Crippen molar-refractivity contribution in [3.8, 4) is 0 Å². The van der Waals surface area contributed by atoms with E-state index in [1.165, 1.54) is 0 Å². The first-order chi connectivity index (χ1) is 9.13. The van der Waals surface area contributed by atoms with Gasteiger partial charge in [-0.25, -0.2) is 4.68 Å². The lowest BCUT2D eigenvalue weighted by atomic mass is 9.98. The third-order valence-electron chi connectivity index (χ3n) is 3.70. The highest BCUT2D eigenvalue weighted by atomic mass is 16.5. The van der Waals surface area contributed by atoms with Gasteiger partial charge in [0.1, 0.15) is 0 Å². The van der Waals surface area contributed by atoms with Crippen LogP contribution in [0.25, 0.3) is 0 Å². The second-order valence-corrected chi connectivity index (χ2v) is 5.00. The van der Waals surface area contributed by atoms with Crippen LogP contribution in [0.15, 0.2) is 0 Å². The molecular formula is C12H20N4O3. The van der Waals surface area contributed by atoms with Gasteiger partial charge in [0.05, 0.1) is 12.0 Å². The molecule has 1 aromatic heterocycles. The Labute approximate surface area is 111 Å². The molecule has 0 radical (unpaired) electrons. The SMILES string of the molecule is CCC1OCCC1c1nnnn1CCC(C)C(=O)O. The molecule has 0 bridgehead atoms. The Bertz CT molecular complexity index is 434. The number of aryl methyl sites for hydroxylation is 1. The highest BCUT2D eigenvalue weighted by Crippen LogP contribution is 2.31. The van der Waals surface area contributed by atoms with Crippen LogP contribution >= 0.6 is 0 Å². The molecule has 0 aromatic carbocycles. The third kappa shape index (κ3) is 3.09. The molecular weight excluding hydrogens is 248 g/mol. The van der Waals surface area contributed by atoms with Crippen molar-refractivity contribution in [1.29, 1.82) is 0 Å². The van der Waals surface area contributed by atoms with Crippen molar-refractivity contribution < 1.29 is 14.6 Å². The zero-order valence-corrected chi connectivity index (χ0v) is 11.3. The second-order valence-electron chi connectivity index (χ2n) is 5.00. The fraction of sp³-hybridized carbons (Fsp3) is 0.833. The van der Waals surface area contributed by atoms with E-state index in [4.69, 9.17) is 9.84 Å². The van der Waals surface area contributed by atoms with E-state index in [1.807, 2.05) is 0 Å². The first kappa shape index (κ1) is 13.9. The van der Waals surface area contributed by atoms with E-state index >= 15 is 0 Å². The summed E-state index contributed by atoms with van der Waals surface area (Å²) in [6.45, 7) is 5.05. The summed E-state index contributed by atoms with van der Waals surface area (Å²) in [6.07, 6.45) is 2.55. The number of rotatable bonds is 6. The van der Waals surface area contributed by atoms with Gasteiger partial charge in [-0.05, 0) is 29.7 Å². The number of aliphatic carboxylic acids is 1. The molecule has 7 nitrogen and oxygen atoms in total. The second kappa shape index (κ2) is 6.10. The lowest BCUT2D eigenvalue weighted by molar-refractivity contribution is -0.141. The molecule has 2 heterocycles. The van der Waals surface area contributed by atoms with Crippen LogP contribution in [0.3, 0.4) is 0 Å². The Kier molecular flexibility index (Phi) is 4.47. The summed E-state index contributed by atoms with van der Waals surface area (Å²) in [5.41, 5.74) is 0. The molecule has 19 heavy (non-hydrogen) atoms. The minimum atomic E-state index is -0.787. The van der Waals surface area contributed by atoms with Gasteiger partial charge in [0, 0.05) is 19.1 Å². The number of nitrogens with zero attached hydrogens (tertiary/aromatic N) is 4. The number of hydrogen-bond acceptors (Lipinski definition) is 5. The first-order valence-corrected chi connectivity index (χ1v) is 6.74. The number of aromatic nitrogens is 4. The lowest BCUT2D eigenvalue weighted by Crippen LogP contribution is -2.20. The Morgan fingerprint density at radius 3 is 3.11 bits per heavy atom. The van der Waals surface area contributed by atoms with Crippen molar-refractivity contribution in [3.63, 3.8) is 0 Å². The van der Waals surface area contributed by atoms with Gasteiger partial charge in [0.2, 0.25) is 0 Å². The van der Waals surface area contributed by atoms with Crippen LogP contribution in [0.5, 0.6) is 0 Å². The van der Waals surface area contributed by atoms with E-state index < -0.39 is 5.97 Å². The predicted molar refractivity (Wildman–Crippen MR) is 66.6 cm³/mol. The van der Waals surface area contributed by atoms with Crippen molar-refractivity contribution in [3.05, 3.63) is 5.82 Å². The first-order valence-electron chi connectivity index (χ1n) is 6.74. The van der Waals surface area contributed by atoms with Crippen LogP contribution < -0.4 is 0 Å². The van der Waals surface area contributed by atoms with Gasteiger partial charge in [-0.2, -0.15) is 0 Å². The summed E-state index contributed by atoms with van der Waals surface area (Å²) in [5.74, 6) is -0.133. The molecule has 1 aromatic rings. The molecule has 0 spiro atoms. The number of hydrogen-bond donors (Lipinski definition) is 1. The highest BCUT2D eigenvalue weighted by molar-refractivity contribution is 5.69. The molecule has 2 rings (SSSR count). The zero-order valence-electron chi connectivity index (χ0n) is 11.3. The molecule has 0 aliphatic carbocycles. The molecule has 3 unspecified atom stereocenters. The molecule has 1 saturated heterocycles. The van der Waals surface area contributed by atoms with Crippen molar-refractivity contribution in [2.45, 2.75) is 51.7 Å². The third-order valence-corrected chi connectivity index (χ3v) is 3.70. The molecule has 1 aliphatic rings. The Morgan fingerprint density at radius 2 is 2.42 bits per heavy atom. The summed E-state index contributed by atoms with van der Waals surface area (Å²) in [4.78, 5) is 10.8. The minimum Gasteiger partial charge on any atom is -0.481 e. The summed E-state index contributed by atoms with van der Waals surface area (Å²) < 4.78 is 7.38. The van der Waals surface area contributed by atoms with Crippen LogP contribution in [0.4, 0.5) is 0 Å². The molecule has 7 heteroatoms. The molecule has 106 valence electrons. The van der Waals surface area contributed by atoms with Crippen LogP contribution in [0.1, 0.15) is 44.9 Å². The Morgan fingerprint density at radius 1 is 1.63 bits per heavy atom. The topological polar surface area (TPSA) is 90.1 Å². The maximum atomic E-state index is 10.8. The van der Waals surface area contributed by atoms with E-state index in [9.17, 15) is 4.79 Å². The van der Waals surface area contributed by atoms with Crippen LogP contribution in [0, 0.1) is 5.92 Å². The van der Waals surface area contributed by atoms with Gasteiger partial charge in [0.25, 0.3) is 0 Å². The van der Waals surface area contributed by atoms with E-state index in [2.05, 4.69) is 22.4 Å². The molecule has 0 amide bonds. The van der Waals surface area contributed by atoms with Crippen LogP contribution in [-0.4, -0.2) is 44.0 Å². The monoisotopic (exact) mass is 268 g/mol. The summed E-state index contributed by atoms with van der Waals surface area (Å²) in [5, 5.41) is 20.7. The van der Waals surface area contributed by atoms with Crippen molar-refractivity contribution >= 4 is 5.97 Å². The van der Waals surface area contributed by atoms with Crippen LogP contribution in [0.2, 0.25) is 0 Å². The van der Waals surface area contributed by atoms with Gasteiger partial charge in [0.15, 0.2) is 5.82 Å². The smallest absolute Gasteiger partial charge is 0.306 e. The number of tetrazole rings is 1. The van der Waals surface area contributed by atoms with Gasteiger partial charge in [-0.3, -0.25) is 4.79 Å². The molecule has 1 fully saturated rings.